The number of piperazine rings is 1. The van der Waals surface area contributed by atoms with Gasteiger partial charge in [0, 0.05) is 37.1 Å². The van der Waals surface area contributed by atoms with Crippen LogP contribution in [0.15, 0.2) is 30.3 Å². The Labute approximate surface area is 185 Å². The van der Waals surface area contributed by atoms with Crippen LogP contribution in [-0.2, 0) is 10.0 Å². The maximum absolute atomic E-state index is 12.7. The Balaban J connectivity index is 1.75. The van der Waals surface area contributed by atoms with Gasteiger partial charge >= 0.3 is 0 Å². The Morgan fingerprint density at radius 1 is 1.27 bits per heavy atom. The zero-order valence-electron chi connectivity index (χ0n) is 17.6. The van der Waals surface area contributed by atoms with E-state index in [2.05, 4.69) is 10.2 Å². The predicted molar refractivity (Wildman–Crippen MR) is 120 cm³/mol. The topological polar surface area (TPSA) is 95.7 Å². The number of carbonyl (C=O) groups excluding carboxylic acids is 1. The van der Waals surface area contributed by atoms with Crippen molar-refractivity contribution >= 4 is 27.5 Å². The van der Waals surface area contributed by atoms with E-state index in [-0.39, 0.29) is 17.0 Å². The SMILES string of the molecule is CCCS(=O)(=O)N1CCN(C2(C(N)NC(=O)c3ccccc3)CCCC(Cl)C2)CC1. The fourth-order valence-electron chi connectivity index (χ4n) is 4.73. The van der Waals surface area contributed by atoms with Crippen molar-refractivity contribution in [2.24, 2.45) is 5.73 Å². The number of rotatable bonds is 7. The zero-order valence-corrected chi connectivity index (χ0v) is 19.2. The Kier molecular flexibility index (Phi) is 7.79. The van der Waals surface area contributed by atoms with Gasteiger partial charge in [-0.15, -0.1) is 11.6 Å². The number of nitrogens with one attached hydrogen (secondary N) is 1. The maximum atomic E-state index is 12.7. The first-order chi connectivity index (χ1) is 14.3. The fourth-order valence-corrected chi connectivity index (χ4v) is 6.65. The van der Waals surface area contributed by atoms with E-state index >= 15 is 0 Å². The number of alkyl halides is 1. The van der Waals surface area contributed by atoms with Crippen molar-refractivity contribution in [3.8, 4) is 0 Å². The summed E-state index contributed by atoms with van der Waals surface area (Å²) in [6, 6.07) is 9.03. The molecule has 1 aliphatic heterocycles. The van der Waals surface area contributed by atoms with E-state index in [1.165, 1.54) is 0 Å². The molecule has 7 nitrogen and oxygen atoms in total. The van der Waals surface area contributed by atoms with Crippen LogP contribution in [0, 0.1) is 0 Å². The smallest absolute Gasteiger partial charge is 0.252 e. The molecule has 0 bridgehead atoms. The van der Waals surface area contributed by atoms with Gasteiger partial charge in [0.25, 0.3) is 5.91 Å². The summed E-state index contributed by atoms with van der Waals surface area (Å²) < 4.78 is 26.5. The largest absolute Gasteiger partial charge is 0.335 e. The van der Waals surface area contributed by atoms with Gasteiger partial charge in [-0.05, 0) is 37.8 Å². The van der Waals surface area contributed by atoms with E-state index in [1.807, 2.05) is 25.1 Å². The number of carbonyl (C=O) groups is 1. The van der Waals surface area contributed by atoms with Crippen LogP contribution in [0.5, 0.6) is 0 Å². The number of hydrogen-bond donors (Lipinski definition) is 2. The van der Waals surface area contributed by atoms with E-state index < -0.39 is 21.7 Å². The molecule has 1 heterocycles. The molecule has 168 valence electrons. The quantitative estimate of drug-likeness (QED) is 0.483. The molecule has 3 rings (SSSR count). The number of sulfonamides is 1. The molecule has 1 saturated carbocycles. The van der Waals surface area contributed by atoms with Crippen LogP contribution in [0.1, 0.15) is 49.4 Å². The lowest BCUT2D eigenvalue weighted by Gasteiger charge is -2.53. The van der Waals surface area contributed by atoms with Gasteiger partial charge in [-0.3, -0.25) is 9.69 Å². The van der Waals surface area contributed by atoms with Crippen molar-refractivity contribution < 1.29 is 13.2 Å². The summed E-state index contributed by atoms with van der Waals surface area (Å²) in [6.45, 7) is 3.93. The van der Waals surface area contributed by atoms with Crippen LogP contribution in [-0.4, -0.2) is 72.5 Å². The van der Waals surface area contributed by atoms with Crippen LogP contribution in [0.4, 0.5) is 0 Å². The molecule has 0 aromatic heterocycles. The molecule has 1 aromatic carbocycles. The summed E-state index contributed by atoms with van der Waals surface area (Å²) in [6.07, 6.45) is 3.37. The molecule has 1 amide bonds. The Morgan fingerprint density at radius 2 is 1.93 bits per heavy atom. The summed E-state index contributed by atoms with van der Waals surface area (Å²) in [5.41, 5.74) is 6.71. The highest BCUT2D eigenvalue weighted by Crippen LogP contribution is 2.38. The van der Waals surface area contributed by atoms with Crippen LogP contribution in [0.2, 0.25) is 0 Å². The van der Waals surface area contributed by atoms with Crippen LogP contribution in [0.3, 0.4) is 0 Å². The monoisotopic (exact) mass is 456 g/mol. The Hall–Kier alpha value is -1.19. The highest BCUT2D eigenvalue weighted by Gasteiger charge is 2.47. The molecule has 3 unspecified atom stereocenters. The molecule has 3 N–H and O–H groups in total. The van der Waals surface area contributed by atoms with Gasteiger partial charge < -0.3 is 11.1 Å². The summed E-state index contributed by atoms with van der Waals surface area (Å²) in [5.74, 6) is -0.0301. The number of amides is 1. The van der Waals surface area contributed by atoms with E-state index in [1.54, 1.807) is 16.4 Å². The minimum Gasteiger partial charge on any atom is -0.335 e. The molecular formula is C21H33ClN4O3S. The Bertz CT molecular complexity index is 815. The van der Waals surface area contributed by atoms with Crippen molar-refractivity contribution in [1.29, 1.82) is 0 Å². The van der Waals surface area contributed by atoms with Gasteiger partial charge in [0.15, 0.2) is 0 Å². The summed E-state index contributed by atoms with van der Waals surface area (Å²) in [4.78, 5) is 15.0. The first-order valence-electron chi connectivity index (χ1n) is 10.8. The van der Waals surface area contributed by atoms with Crippen molar-refractivity contribution in [2.45, 2.75) is 56.1 Å². The van der Waals surface area contributed by atoms with Gasteiger partial charge in [-0.25, -0.2) is 8.42 Å². The molecule has 1 aliphatic carbocycles. The van der Waals surface area contributed by atoms with Crippen LogP contribution < -0.4 is 11.1 Å². The lowest BCUT2D eigenvalue weighted by atomic mass is 9.77. The van der Waals surface area contributed by atoms with Crippen molar-refractivity contribution in [3.63, 3.8) is 0 Å². The van der Waals surface area contributed by atoms with Gasteiger partial charge in [0.2, 0.25) is 10.0 Å². The van der Waals surface area contributed by atoms with E-state index in [0.717, 1.165) is 19.3 Å². The fraction of sp³-hybridized carbons (Fsp3) is 0.667. The Morgan fingerprint density at radius 3 is 2.53 bits per heavy atom. The van der Waals surface area contributed by atoms with Gasteiger partial charge in [-0.2, -0.15) is 4.31 Å². The van der Waals surface area contributed by atoms with Crippen LogP contribution in [0.25, 0.3) is 0 Å². The van der Waals surface area contributed by atoms with Crippen molar-refractivity contribution in [3.05, 3.63) is 35.9 Å². The number of benzene rings is 1. The minimum atomic E-state index is -3.21. The van der Waals surface area contributed by atoms with Crippen molar-refractivity contribution in [2.75, 3.05) is 31.9 Å². The number of hydrogen-bond acceptors (Lipinski definition) is 5. The average molecular weight is 457 g/mol. The van der Waals surface area contributed by atoms with Gasteiger partial charge in [0.1, 0.15) is 0 Å². The third kappa shape index (κ3) is 5.16. The average Bonchev–Trinajstić information content (AvgIpc) is 2.74. The molecule has 9 heteroatoms. The summed E-state index contributed by atoms with van der Waals surface area (Å²) in [7, 11) is -3.21. The first-order valence-corrected chi connectivity index (χ1v) is 12.8. The normalized spacial score (nSPS) is 27.5. The molecule has 0 spiro atoms. The lowest BCUT2D eigenvalue weighted by molar-refractivity contribution is -0.00121. The summed E-state index contributed by atoms with van der Waals surface area (Å²) >= 11 is 6.56. The summed E-state index contributed by atoms with van der Waals surface area (Å²) in [5, 5.41) is 2.98. The predicted octanol–water partition coefficient (Wildman–Crippen LogP) is 1.98. The second-order valence-electron chi connectivity index (χ2n) is 8.32. The van der Waals surface area contributed by atoms with Gasteiger partial charge in [-0.1, -0.05) is 31.5 Å². The number of nitrogens with zero attached hydrogens (tertiary/aromatic N) is 2. The third-order valence-corrected chi connectivity index (χ3v) is 8.78. The maximum Gasteiger partial charge on any atom is 0.252 e. The molecular weight excluding hydrogens is 424 g/mol. The second kappa shape index (κ2) is 9.96. The molecule has 2 fully saturated rings. The number of halogens is 1. The molecule has 30 heavy (non-hydrogen) atoms. The van der Waals surface area contributed by atoms with Crippen LogP contribution >= 0.6 is 11.6 Å². The molecule has 1 aromatic rings. The van der Waals surface area contributed by atoms with E-state index in [0.29, 0.717) is 44.6 Å². The lowest BCUT2D eigenvalue weighted by Crippen LogP contribution is -2.70. The molecule has 3 atom stereocenters. The van der Waals surface area contributed by atoms with Gasteiger partial charge in [0.05, 0.1) is 17.5 Å². The highest BCUT2D eigenvalue weighted by atomic mass is 35.5. The molecule has 0 radical (unpaired) electrons. The third-order valence-electron chi connectivity index (χ3n) is 6.33. The van der Waals surface area contributed by atoms with E-state index in [9.17, 15) is 13.2 Å². The highest BCUT2D eigenvalue weighted by molar-refractivity contribution is 7.89. The molecule has 1 saturated heterocycles. The molecule has 2 aliphatic rings. The second-order valence-corrected chi connectivity index (χ2v) is 11.0. The van der Waals surface area contributed by atoms with Crippen molar-refractivity contribution in [1.82, 2.24) is 14.5 Å². The van der Waals surface area contributed by atoms with E-state index in [4.69, 9.17) is 17.3 Å². The standard InChI is InChI=1S/C21H33ClN4O3S/c1-2-15-30(28,29)26-13-11-25(12-14-26)21(10-6-9-18(22)16-21)20(23)24-19(27)17-7-4-3-5-8-17/h3-5,7-8,18,20H,2,6,9-16,23H2,1H3,(H,24,27). The first kappa shape index (κ1) is 23.5. The minimum absolute atomic E-state index is 0.0136. The zero-order chi connectivity index (χ0) is 21.8. The number of nitrogens with two attached hydrogens (primary N) is 1.